The van der Waals surface area contributed by atoms with Crippen LogP contribution in [0.3, 0.4) is 0 Å². The first-order valence-electron chi connectivity index (χ1n) is 8.46. The molecule has 3 aromatic carbocycles. The second kappa shape index (κ2) is 8.99. The summed E-state index contributed by atoms with van der Waals surface area (Å²) in [7, 11) is -2.34. The number of hydrogen-bond acceptors (Lipinski definition) is 3. The SMILES string of the molecule is COc1ccc(S(=O)(=O)/N=C(/C=C/c2ccc(Br)cc2)c2ccccc2)cc1. The Morgan fingerprint density at radius 1 is 0.929 bits per heavy atom. The molecule has 0 fully saturated rings. The standard InChI is InChI=1S/C22H18BrNO3S/c1-27-20-12-14-21(15-13-20)28(25,26)24-22(18-5-3-2-4-6-18)16-9-17-7-10-19(23)11-8-17/h2-16H,1H3/b16-9+,24-22-. The number of allylic oxidation sites excluding steroid dienone is 1. The lowest BCUT2D eigenvalue weighted by Crippen LogP contribution is -2.04. The van der Waals surface area contributed by atoms with Crippen LogP contribution in [0, 0.1) is 0 Å². The lowest BCUT2D eigenvalue weighted by atomic mass is 10.1. The molecule has 3 rings (SSSR count). The van der Waals surface area contributed by atoms with Gasteiger partial charge in [0.05, 0.1) is 17.7 Å². The predicted molar refractivity (Wildman–Crippen MR) is 116 cm³/mol. The molecule has 0 aromatic heterocycles. The second-order valence-corrected chi connectivity index (χ2v) is 8.40. The summed E-state index contributed by atoms with van der Waals surface area (Å²) in [5.41, 5.74) is 2.01. The molecule has 28 heavy (non-hydrogen) atoms. The van der Waals surface area contributed by atoms with E-state index in [-0.39, 0.29) is 4.90 Å². The van der Waals surface area contributed by atoms with Crippen molar-refractivity contribution in [2.45, 2.75) is 4.90 Å². The topological polar surface area (TPSA) is 55.7 Å². The number of methoxy groups -OCH3 is 1. The number of nitrogens with zero attached hydrogens (tertiary/aromatic N) is 1. The number of ether oxygens (including phenoxy) is 1. The zero-order valence-corrected chi connectivity index (χ0v) is 17.5. The lowest BCUT2D eigenvalue weighted by molar-refractivity contribution is 0.414. The number of sulfonamides is 1. The van der Waals surface area contributed by atoms with Gasteiger partial charge in [-0.1, -0.05) is 64.5 Å². The Morgan fingerprint density at radius 3 is 2.18 bits per heavy atom. The zero-order valence-electron chi connectivity index (χ0n) is 15.1. The Balaban J connectivity index is 2.01. The Labute approximate surface area is 173 Å². The number of halogens is 1. The molecule has 0 N–H and O–H groups in total. The third-order valence-corrected chi connectivity index (χ3v) is 5.78. The quantitative estimate of drug-likeness (QED) is 0.470. The van der Waals surface area contributed by atoms with Crippen LogP contribution in [-0.4, -0.2) is 21.2 Å². The molecule has 0 aliphatic carbocycles. The summed E-state index contributed by atoms with van der Waals surface area (Å²) in [5, 5.41) is 0. The minimum Gasteiger partial charge on any atom is -0.497 e. The first-order valence-corrected chi connectivity index (χ1v) is 10.7. The molecule has 0 atom stereocenters. The van der Waals surface area contributed by atoms with Gasteiger partial charge in [-0.2, -0.15) is 12.8 Å². The minimum atomic E-state index is -3.87. The van der Waals surface area contributed by atoms with Gasteiger partial charge in [-0.25, -0.2) is 0 Å². The van der Waals surface area contributed by atoms with Crippen molar-refractivity contribution in [3.05, 3.63) is 101 Å². The highest BCUT2D eigenvalue weighted by Crippen LogP contribution is 2.19. The fraction of sp³-hybridized carbons (Fsp3) is 0.0455. The number of hydrogen-bond donors (Lipinski definition) is 0. The molecule has 142 valence electrons. The van der Waals surface area contributed by atoms with Crippen LogP contribution < -0.4 is 4.74 Å². The van der Waals surface area contributed by atoms with E-state index >= 15 is 0 Å². The maximum Gasteiger partial charge on any atom is 0.282 e. The molecule has 0 spiro atoms. The van der Waals surface area contributed by atoms with Crippen molar-refractivity contribution in [2.24, 2.45) is 4.40 Å². The van der Waals surface area contributed by atoms with E-state index in [0.717, 1.165) is 10.0 Å². The summed E-state index contributed by atoms with van der Waals surface area (Å²) in [6, 6.07) is 23.1. The molecule has 0 heterocycles. The Bertz CT molecular complexity index is 1090. The third kappa shape index (κ3) is 5.18. The highest BCUT2D eigenvalue weighted by atomic mass is 79.9. The van der Waals surface area contributed by atoms with Gasteiger partial charge in [0.15, 0.2) is 0 Å². The minimum absolute atomic E-state index is 0.110. The average Bonchev–Trinajstić information content (AvgIpc) is 2.73. The molecule has 0 saturated heterocycles. The van der Waals surface area contributed by atoms with Gasteiger partial charge in [0.1, 0.15) is 5.75 Å². The molecule has 0 radical (unpaired) electrons. The van der Waals surface area contributed by atoms with Gasteiger partial charge in [0.2, 0.25) is 0 Å². The normalized spacial score (nSPS) is 12.3. The Morgan fingerprint density at radius 2 is 1.57 bits per heavy atom. The summed E-state index contributed by atoms with van der Waals surface area (Å²) in [6.45, 7) is 0. The largest absolute Gasteiger partial charge is 0.497 e. The third-order valence-electron chi connectivity index (χ3n) is 3.95. The van der Waals surface area contributed by atoms with E-state index in [1.807, 2.05) is 60.7 Å². The predicted octanol–water partition coefficient (Wildman–Crippen LogP) is 5.35. The molecule has 0 bridgehead atoms. The van der Waals surface area contributed by atoms with Crippen LogP contribution in [0.5, 0.6) is 5.75 Å². The maximum absolute atomic E-state index is 12.8. The van der Waals surface area contributed by atoms with E-state index in [1.54, 1.807) is 18.2 Å². The summed E-state index contributed by atoms with van der Waals surface area (Å²) >= 11 is 3.40. The molecule has 4 nitrogen and oxygen atoms in total. The van der Waals surface area contributed by atoms with Gasteiger partial charge in [-0.15, -0.1) is 0 Å². The molecule has 0 unspecified atom stereocenters. The van der Waals surface area contributed by atoms with Gasteiger partial charge in [-0.05, 0) is 48.0 Å². The first kappa shape index (κ1) is 20.0. The van der Waals surface area contributed by atoms with E-state index in [9.17, 15) is 8.42 Å². The second-order valence-electron chi connectivity index (χ2n) is 5.88. The maximum atomic E-state index is 12.8. The smallest absolute Gasteiger partial charge is 0.282 e. The monoisotopic (exact) mass is 455 g/mol. The molecular formula is C22H18BrNO3S. The van der Waals surface area contributed by atoms with Crippen molar-refractivity contribution >= 4 is 37.7 Å². The highest BCUT2D eigenvalue weighted by Gasteiger charge is 2.14. The van der Waals surface area contributed by atoms with Gasteiger partial charge < -0.3 is 4.74 Å². The highest BCUT2D eigenvalue weighted by molar-refractivity contribution is 9.10. The van der Waals surface area contributed by atoms with Crippen LogP contribution in [0.1, 0.15) is 11.1 Å². The van der Waals surface area contributed by atoms with Crippen LogP contribution in [0.25, 0.3) is 6.08 Å². The van der Waals surface area contributed by atoms with Crippen LogP contribution in [0.4, 0.5) is 0 Å². The van der Waals surface area contributed by atoms with E-state index in [4.69, 9.17) is 4.74 Å². The van der Waals surface area contributed by atoms with Crippen LogP contribution in [0.15, 0.2) is 98.7 Å². The van der Waals surface area contributed by atoms with E-state index in [0.29, 0.717) is 17.0 Å². The first-order chi connectivity index (χ1) is 13.5. The van der Waals surface area contributed by atoms with E-state index in [2.05, 4.69) is 20.3 Å². The molecular weight excluding hydrogens is 438 g/mol. The van der Waals surface area contributed by atoms with Gasteiger partial charge in [0.25, 0.3) is 10.0 Å². The molecule has 0 aliphatic rings. The fourth-order valence-corrected chi connectivity index (χ4v) is 3.74. The molecule has 6 heteroatoms. The van der Waals surface area contributed by atoms with Crippen molar-refractivity contribution in [2.75, 3.05) is 7.11 Å². The van der Waals surface area contributed by atoms with Crippen molar-refractivity contribution in [3.8, 4) is 5.75 Å². The molecule has 0 aliphatic heterocycles. The fourth-order valence-electron chi connectivity index (χ4n) is 2.47. The number of rotatable bonds is 6. The van der Waals surface area contributed by atoms with Crippen LogP contribution in [-0.2, 0) is 10.0 Å². The van der Waals surface area contributed by atoms with Crippen molar-refractivity contribution in [1.82, 2.24) is 0 Å². The van der Waals surface area contributed by atoms with Gasteiger partial charge in [-0.3, -0.25) is 0 Å². The van der Waals surface area contributed by atoms with Crippen LogP contribution >= 0.6 is 15.9 Å². The number of benzene rings is 3. The van der Waals surface area contributed by atoms with E-state index < -0.39 is 10.0 Å². The Kier molecular flexibility index (Phi) is 6.44. The average molecular weight is 456 g/mol. The molecule has 3 aromatic rings. The summed E-state index contributed by atoms with van der Waals surface area (Å²) in [6.07, 6.45) is 3.54. The van der Waals surface area contributed by atoms with Gasteiger partial charge in [0, 0.05) is 10.0 Å². The summed E-state index contributed by atoms with van der Waals surface area (Å²) < 4.78 is 35.8. The summed E-state index contributed by atoms with van der Waals surface area (Å²) in [5.74, 6) is 0.585. The molecule has 0 saturated carbocycles. The summed E-state index contributed by atoms with van der Waals surface area (Å²) in [4.78, 5) is 0.110. The zero-order chi connectivity index (χ0) is 20.0. The van der Waals surface area contributed by atoms with Crippen molar-refractivity contribution in [3.63, 3.8) is 0 Å². The lowest BCUT2D eigenvalue weighted by Gasteiger charge is -2.05. The van der Waals surface area contributed by atoms with Gasteiger partial charge >= 0.3 is 0 Å². The Hall–Kier alpha value is -2.70. The van der Waals surface area contributed by atoms with Crippen LogP contribution in [0.2, 0.25) is 0 Å². The van der Waals surface area contributed by atoms with Crippen molar-refractivity contribution in [1.29, 1.82) is 0 Å². The van der Waals surface area contributed by atoms with Crippen molar-refractivity contribution < 1.29 is 13.2 Å². The molecule has 0 amide bonds. The van der Waals surface area contributed by atoms with E-state index in [1.165, 1.54) is 19.2 Å².